The predicted octanol–water partition coefficient (Wildman–Crippen LogP) is 4.27. The lowest BCUT2D eigenvalue weighted by molar-refractivity contribution is 0.101. The zero-order valence-electron chi connectivity index (χ0n) is 18.7. The van der Waals surface area contributed by atoms with E-state index in [-0.39, 0.29) is 17.0 Å². The summed E-state index contributed by atoms with van der Waals surface area (Å²) in [4.78, 5) is 30.6. The van der Waals surface area contributed by atoms with Gasteiger partial charge in [-0.2, -0.15) is 4.98 Å². The molecule has 0 bridgehead atoms. The van der Waals surface area contributed by atoms with E-state index in [4.69, 9.17) is 0 Å². The van der Waals surface area contributed by atoms with Gasteiger partial charge in [-0.15, -0.1) is 5.10 Å². The molecule has 2 aromatic heterocycles. The van der Waals surface area contributed by atoms with Gasteiger partial charge in [0.25, 0.3) is 11.5 Å². The van der Waals surface area contributed by atoms with Crippen LogP contribution in [0.15, 0.2) is 71.5 Å². The summed E-state index contributed by atoms with van der Waals surface area (Å²) in [7, 11) is 0. The number of rotatable bonds is 4. The van der Waals surface area contributed by atoms with E-state index in [0.717, 1.165) is 27.8 Å². The van der Waals surface area contributed by atoms with E-state index in [2.05, 4.69) is 15.4 Å². The van der Waals surface area contributed by atoms with E-state index in [1.807, 2.05) is 87.5 Å². The molecule has 0 aliphatic rings. The van der Waals surface area contributed by atoms with Crippen LogP contribution in [0.2, 0.25) is 0 Å². The monoisotopic (exact) mass is 437 g/mol. The Hall–Kier alpha value is -4.26. The van der Waals surface area contributed by atoms with E-state index in [9.17, 15) is 9.59 Å². The van der Waals surface area contributed by atoms with E-state index in [1.54, 1.807) is 4.57 Å². The first-order chi connectivity index (χ1) is 15.9. The summed E-state index contributed by atoms with van der Waals surface area (Å²) < 4.78 is 3.16. The Bertz CT molecular complexity index is 1560. The molecule has 0 radical (unpaired) electrons. The maximum absolute atomic E-state index is 13.5. The van der Waals surface area contributed by atoms with Crippen LogP contribution in [0.4, 0.5) is 5.69 Å². The number of aryl methyl sites for hydroxylation is 3. The van der Waals surface area contributed by atoms with Crippen LogP contribution >= 0.6 is 0 Å². The van der Waals surface area contributed by atoms with Crippen molar-refractivity contribution >= 4 is 28.3 Å². The van der Waals surface area contributed by atoms with Crippen LogP contribution in [0, 0.1) is 20.8 Å². The van der Waals surface area contributed by atoms with Crippen molar-refractivity contribution in [3.8, 4) is 0 Å². The van der Waals surface area contributed by atoms with Gasteiger partial charge in [-0.1, -0.05) is 53.6 Å². The van der Waals surface area contributed by atoms with E-state index in [1.165, 1.54) is 4.52 Å². The minimum atomic E-state index is -0.465. The van der Waals surface area contributed by atoms with Gasteiger partial charge in [-0.05, 0) is 56.2 Å². The number of fused-ring (bicyclic) bond motifs is 3. The fourth-order valence-corrected chi connectivity index (χ4v) is 3.83. The SMILES string of the molecule is Cc1ccc(Cn2c(=O)c3nc(C(=O)Nc4ccc(C)cc4)nn3c3ccc(C)cc32)cc1. The summed E-state index contributed by atoms with van der Waals surface area (Å²) in [5, 5.41) is 7.18. The first-order valence-corrected chi connectivity index (χ1v) is 10.7. The van der Waals surface area contributed by atoms with E-state index >= 15 is 0 Å². The smallest absolute Gasteiger partial charge is 0.296 e. The molecule has 2 heterocycles. The summed E-state index contributed by atoms with van der Waals surface area (Å²) in [6.07, 6.45) is 0. The lowest BCUT2D eigenvalue weighted by Gasteiger charge is -2.12. The second kappa shape index (κ2) is 8.02. The van der Waals surface area contributed by atoms with Crippen molar-refractivity contribution in [3.63, 3.8) is 0 Å². The number of hydrogen-bond acceptors (Lipinski definition) is 4. The number of hydrogen-bond donors (Lipinski definition) is 1. The molecule has 0 unspecified atom stereocenters. The van der Waals surface area contributed by atoms with Gasteiger partial charge in [-0.25, -0.2) is 4.52 Å². The molecule has 0 aliphatic carbocycles. The highest BCUT2D eigenvalue weighted by Crippen LogP contribution is 2.18. The Labute approximate surface area is 190 Å². The Morgan fingerprint density at radius 3 is 2.18 bits per heavy atom. The Kier molecular flexibility index (Phi) is 5.01. The van der Waals surface area contributed by atoms with Crippen molar-refractivity contribution in [2.24, 2.45) is 0 Å². The van der Waals surface area contributed by atoms with Gasteiger partial charge >= 0.3 is 0 Å². The van der Waals surface area contributed by atoms with Crippen LogP contribution in [-0.2, 0) is 6.54 Å². The Morgan fingerprint density at radius 1 is 0.848 bits per heavy atom. The van der Waals surface area contributed by atoms with Gasteiger partial charge in [0.2, 0.25) is 11.5 Å². The van der Waals surface area contributed by atoms with E-state index in [0.29, 0.717) is 17.7 Å². The molecule has 0 atom stereocenters. The number of carbonyl (C=O) groups is 1. The number of benzene rings is 3. The van der Waals surface area contributed by atoms with Crippen molar-refractivity contribution in [1.82, 2.24) is 19.2 Å². The molecule has 0 saturated heterocycles. The zero-order valence-corrected chi connectivity index (χ0v) is 18.7. The summed E-state index contributed by atoms with van der Waals surface area (Å²) in [5.74, 6) is -0.519. The maximum atomic E-state index is 13.5. The standard InChI is InChI=1S/C26H23N5O2/c1-16-4-9-19(10-5-16)15-30-22-14-18(3)8-13-21(22)31-24(26(30)33)28-23(29-31)25(32)27-20-11-6-17(2)7-12-20/h4-14H,15H2,1-3H3,(H,27,32). The second-order valence-corrected chi connectivity index (χ2v) is 8.36. The van der Waals surface area contributed by atoms with E-state index < -0.39 is 5.91 Å². The third kappa shape index (κ3) is 3.89. The minimum absolute atomic E-state index is 0.0531. The number of anilines is 1. The molecule has 3 aromatic carbocycles. The Morgan fingerprint density at radius 2 is 1.48 bits per heavy atom. The molecule has 7 heteroatoms. The minimum Gasteiger partial charge on any atom is -0.319 e. The van der Waals surface area contributed by atoms with Crippen molar-refractivity contribution in [1.29, 1.82) is 0 Å². The zero-order chi connectivity index (χ0) is 23.1. The topological polar surface area (TPSA) is 81.3 Å². The fourth-order valence-electron chi connectivity index (χ4n) is 3.83. The summed E-state index contributed by atoms with van der Waals surface area (Å²) >= 11 is 0. The van der Waals surface area contributed by atoms with Crippen molar-refractivity contribution in [3.05, 3.63) is 105 Å². The quantitative estimate of drug-likeness (QED) is 0.455. The predicted molar refractivity (Wildman–Crippen MR) is 129 cm³/mol. The highest BCUT2D eigenvalue weighted by Gasteiger charge is 2.19. The normalized spacial score (nSPS) is 11.2. The van der Waals surface area contributed by atoms with Gasteiger partial charge in [0.05, 0.1) is 17.6 Å². The molecule has 7 nitrogen and oxygen atoms in total. The van der Waals surface area contributed by atoms with Gasteiger partial charge < -0.3 is 5.32 Å². The van der Waals surface area contributed by atoms with Crippen molar-refractivity contribution in [2.45, 2.75) is 27.3 Å². The van der Waals surface area contributed by atoms with Crippen LogP contribution < -0.4 is 10.9 Å². The summed E-state index contributed by atoms with van der Waals surface area (Å²) in [6.45, 7) is 6.38. The lowest BCUT2D eigenvalue weighted by atomic mass is 10.1. The molecule has 5 rings (SSSR count). The van der Waals surface area contributed by atoms with Crippen molar-refractivity contribution in [2.75, 3.05) is 5.32 Å². The van der Waals surface area contributed by atoms with Crippen LogP contribution in [-0.4, -0.2) is 25.1 Å². The maximum Gasteiger partial charge on any atom is 0.296 e. The lowest BCUT2D eigenvalue weighted by Crippen LogP contribution is -2.24. The molecule has 33 heavy (non-hydrogen) atoms. The molecule has 0 aliphatic heterocycles. The molecular formula is C26H23N5O2. The van der Waals surface area contributed by atoms with Gasteiger partial charge in [0, 0.05) is 5.69 Å². The average molecular weight is 438 g/mol. The van der Waals surface area contributed by atoms with Crippen molar-refractivity contribution < 1.29 is 4.79 Å². The van der Waals surface area contributed by atoms with Gasteiger partial charge in [0.15, 0.2) is 0 Å². The molecule has 1 amide bonds. The van der Waals surface area contributed by atoms with Crippen LogP contribution in [0.3, 0.4) is 0 Å². The summed E-state index contributed by atoms with van der Waals surface area (Å²) in [6, 6.07) is 21.3. The van der Waals surface area contributed by atoms with Crippen LogP contribution in [0.5, 0.6) is 0 Å². The molecule has 1 N–H and O–H groups in total. The van der Waals surface area contributed by atoms with Gasteiger partial charge in [0.1, 0.15) is 0 Å². The third-order valence-corrected chi connectivity index (χ3v) is 5.67. The van der Waals surface area contributed by atoms with Gasteiger partial charge in [-0.3, -0.25) is 14.2 Å². The highest BCUT2D eigenvalue weighted by molar-refractivity contribution is 6.02. The first-order valence-electron chi connectivity index (χ1n) is 10.7. The fraction of sp³-hybridized carbons (Fsp3) is 0.154. The summed E-state index contributed by atoms with van der Waals surface area (Å²) in [5.41, 5.74) is 6.19. The average Bonchev–Trinajstić information content (AvgIpc) is 3.25. The molecular weight excluding hydrogens is 414 g/mol. The highest BCUT2D eigenvalue weighted by atomic mass is 16.2. The molecule has 0 fully saturated rings. The second-order valence-electron chi connectivity index (χ2n) is 8.36. The Balaban J connectivity index is 1.63. The number of carbonyl (C=O) groups excluding carboxylic acids is 1. The number of nitrogens with zero attached hydrogens (tertiary/aromatic N) is 4. The van der Waals surface area contributed by atoms with Crippen LogP contribution in [0.25, 0.3) is 16.7 Å². The molecule has 5 aromatic rings. The third-order valence-electron chi connectivity index (χ3n) is 5.67. The largest absolute Gasteiger partial charge is 0.319 e. The number of nitrogens with one attached hydrogen (secondary N) is 1. The molecule has 0 saturated carbocycles. The molecule has 0 spiro atoms. The molecule has 164 valence electrons. The van der Waals surface area contributed by atoms with Crippen LogP contribution in [0.1, 0.15) is 32.9 Å². The number of amides is 1. The number of aromatic nitrogens is 4. The first kappa shape index (κ1) is 20.6.